The number of hydrogen-bond donors (Lipinski definition) is 2. The first-order valence-corrected chi connectivity index (χ1v) is 8.97. The predicted octanol–water partition coefficient (Wildman–Crippen LogP) is 2.60. The van der Waals surface area contributed by atoms with E-state index in [9.17, 15) is 9.35 Å². The summed E-state index contributed by atoms with van der Waals surface area (Å²) in [6.07, 6.45) is 3.18. The third-order valence-electron chi connectivity index (χ3n) is 5.15. The summed E-state index contributed by atoms with van der Waals surface area (Å²) >= 11 is -1.07. The molecule has 1 heterocycles. The van der Waals surface area contributed by atoms with Crippen LogP contribution in [0, 0.1) is 11.3 Å². The van der Waals surface area contributed by atoms with E-state index in [1.165, 1.54) is 4.90 Å². The molecule has 2 rings (SSSR count). The number of nitrogens with one attached hydrogen (secondary N) is 1. The van der Waals surface area contributed by atoms with Gasteiger partial charge in [-0.05, 0) is 57.8 Å². The number of carboxylic acid groups (broad SMARTS) is 1. The zero-order valence-electron chi connectivity index (χ0n) is 13.5. The van der Waals surface area contributed by atoms with E-state index in [1.54, 1.807) is 0 Å². The molecule has 0 aromatic rings. The van der Waals surface area contributed by atoms with Crippen LogP contribution in [0.4, 0.5) is 4.79 Å². The minimum Gasteiger partial charge on any atom is -0.598 e. The molecule has 1 aliphatic heterocycles. The summed E-state index contributed by atoms with van der Waals surface area (Å²) < 4.78 is 15.6. The second-order valence-electron chi connectivity index (χ2n) is 7.62. The second kappa shape index (κ2) is 5.97. The van der Waals surface area contributed by atoms with Crippen LogP contribution >= 0.6 is 0 Å². The minimum absolute atomic E-state index is 0.117. The lowest BCUT2D eigenvalue weighted by Crippen LogP contribution is -2.55. The van der Waals surface area contributed by atoms with Crippen molar-refractivity contribution in [1.82, 2.24) is 9.62 Å². The first-order valence-electron chi connectivity index (χ1n) is 7.82. The molecule has 2 aliphatic rings. The normalized spacial score (nSPS) is 30.6. The van der Waals surface area contributed by atoms with Gasteiger partial charge in [0.15, 0.2) is 0 Å². The number of piperidine rings is 1. The van der Waals surface area contributed by atoms with Gasteiger partial charge in [-0.25, -0.2) is 4.79 Å². The molecule has 1 saturated heterocycles. The van der Waals surface area contributed by atoms with Gasteiger partial charge >= 0.3 is 6.09 Å². The van der Waals surface area contributed by atoms with Crippen molar-refractivity contribution >= 4 is 17.5 Å². The Morgan fingerprint density at radius 2 is 1.90 bits per heavy atom. The molecular weight excluding hydrogens is 288 g/mol. The number of hydrogen-bond acceptors (Lipinski definition) is 3. The molecule has 1 saturated carbocycles. The highest BCUT2D eigenvalue weighted by Gasteiger charge is 2.51. The number of amides is 1. The molecule has 122 valence electrons. The SMILES string of the molecule is CC1CCC2(CCN(C(=O)O)CC2)C1N[S+]([O-])C(C)(C)C. The summed E-state index contributed by atoms with van der Waals surface area (Å²) in [5.41, 5.74) is 0.117. The molecular formula is C15H28N2O3S. The highest BCUT2D eigenvalue weighted by Crippen LogP contribution is 2.49. The molecule has 5 nitrogen and oxygen atoms in total. The lowest BCUT2D eigenvalue weighted by molar-refractivity contribution is 0.0769. The fourth-order valence-corrected chi connectivity index (χ4v) is 4.74. The van der Waals surface area contributed by atoms with Crippen LogP contribution in [-0.2, 0) is 11.4 Å². The van der Waals surface area contributed by atoms with Crippen molar-refractivity contribution in [3.05, 3.63) is 0 Å². The van der Waals surface area contributed by atoms with E-state index >= 15 is 0 Å². The Hall–Kier alpha value is -0.460. The second-order valence-corrected chi connectivity index (χ2v) is 9.62. The third-order valence-corrected chi connectivity index (χ3v) is 6.73. The highest BCUT2D eigenvalue weighted by atomic mass is 32.2. The van der Waals surface area contributed by atoms with Crippen molar-refractivity contribution in [2.45, 2.75) is 64.2 Å². The molecule has 3 unspecified atom stereocenters. The van der Waals surface area contributed by atoms with Crippen molar-refractivity contribution in [3.8, 4) is 0 Å². The zero-order valence-corrected chi connectivity index (χ0v) is 14.3. The summed E-state index contributed by atoms with van der Waals surface area (Å²) in [5, 5.41) is 9.10. The molecule has 1 aliphatic carbocycles. The Morgan fingerprint density at radius 3 is 2.38 bits per heavy atom. The molecule has 6 heteroatoms. The highest BCUT2D eigenvalue weighted by molar-refractivity contribution is 7.90. The van der Waals surface area contributed by atoms with Gasteiger partial charge in [-0.2, -0.15) is 0 Å². The average molecular weight is 316 g/mol. The van der Waals surface area contributed by atoms with Crippen LogP contribution in [0.25, 0.3) is 0 Å². The van der Waals surface area contributed by atoms with Crippen molar-refractivity contribution in [2.24, 2.45) is 11.3 Å². The third kappa shape index (κ3) is 3.48. The molecule has 0 radical (unpaired) electrons. The quantitative estimate of drug-likeness (QED) is 0.768. The van der Waals surface area contributed by atoms with Gasteiger partial charge in [0.25, 0.3) is 0 Å². The smallest absolute Gasteiger partial charge is 0.407 e. The number of likely N-dealkylation sites (tertiary alicyclic amines) is 1. The lowest BCUT2D eigenvalue weighted by Gasteiger charge is -2.43. The predicted molar refractivity (Wildman–Crippen MR) is 84.5 cm³/mol. The zero-order chi connectivity index (χ0) is 15.8. The number of carbonyl (C=O) groups is 1. The van der Waals surface area contributed by atoms with Crippen LogP contribution in [0.1, 0.15) is 53.4 Å². The molecule has 0 bridgehead atoms. The summed E-state index contributed by atoms with van der Waals surface area (Å²) in [6, 6.07) is 0.230. The Bertz CT molecular complexity index is 389. The van der Waals surface area contributed by atoms with Gasteiger partial charge in [0.05, 0.1) is 6.04 Å². The molecule has 1 amide bonds. The van der Waals surface area contributed by atoms with Crippen molar-refractivity contribution in [3.63, 3.8) is 0 Å². The molecule has 3 atom stereocenters. The maximum atomic E-state index is 12.5. The fourth-order valence-electron chi connectivity index (χ4n) is 3.68. The first-order chi connectivity index (χ1) is 9.66. The van der Waals surface area contributed by atoms with Crippen LogP contribution in [0.15, 0.2) is 0 Å². The largest absolute Gasteiger partial charge is 0.598 e. The summed E-state index contributed by atoms with van der Waals surface area (Å²) in [4.78, 5) is 12.6. The van der Waals surface area contributed by atoms with Crippen molar-refractivity contribution in [2.75, 3.05) is 13.1 Å². The topological polar surface area (TPSA) is 75.6 Å². The van der Waals surface area contributed by atoms with Crippen LogP contribution in [0.3, 0.4) is 0 Å². The van der Waals surface area contributed by atoms with Gasteiger partial charge in [0, 0.05) is 24.5 Å². The molecule has 2 N–H and O–H groups in total. The van der Waals surface area contributed by atoms with Crippen molar-refractivity contribution in [1.29, 1.82) is 0 Å². The first kappa shape index (κ1) is 16.9. The molecule has 1 spiro atoms. The van der Waals surface area contributed by atoms with E-state index in [1.807, 2.05) is 20.8 Å². The van der Waals surface area contributed by atoms with E-state index in [2.05, 4.69) is 11.6 Å². The number of rotatable bonds is 2. The van der Waals surface area contributed by atoms with Gasteiger partial charge in [-0.15, -0.1) is 4.72 Å². The Labute approximate surface area is 130 Å². The lowest BCUT2D eigenvalue weighted by atomic mass is 9.73. The van der Waals surface area contributed by atoms with Crippen LogP contribution in [0.2, 0.25) is 0 Å². The Kier molecular flexibility index (Phi) is 4.81. The van der Waals surface area contributed by atoms with Crippen LogP contribution in [-0.4, -0.2) is 44.5 Å². The number of nitrogens with zero attached hydrogens (tertiary/aromatic N) is 1. The summed E-state index contributed by atoms with van der Waals surface area (Å²) in [7, 11) is 0. The van der Waals surface area contributed by atoms with Gasteiger partial charge < -0.3 is 14.6 Å². The minimum atomic E-state index is -1.07. The molecule has 21 heavy (non-hydrogen) atoms. The Balaban J connectivity index is 2.07. The van der Waals surface area contributed by atoms with Crippen LogP contribution in [0.5, 0.6) is 0 Å². The van der Waals surface area contributed by atoms with Gasteiger partial charge in [-0.1, -0.05) is 6.92 Å². The molecule has 2 fully saturated rings. The molecule has 0 aromatic carbocycles. The van der Waals surface area contributed by atoms with E-state index in [-0.39, 0.29) is 16.2 Å². The average Bonchev–Trinajstić information content (AvgIpc) is 2.68. The summed E-state index contributed by atoms with van der Waals surface area (Å²) in [6.45, 7) is 9.36. The van der Waals surface area contributed by atoms with Crippen molar-refractivity contribution < 1.29 is 14.5 Å². The fraction of sp³-hybridized carbons (Fsp3) is 0.933. The Morgan fingerprint density at radius 1 is 1.33 bits per heavy atom. The van der Waals surface area contributed by atoms with Crippen LogP contribution < -0.4 is 4.72 Å². The maximum absolute atomic E-state index is 12.5. The maximum Gasteiger partial charge on any atom is 0.407 e. The standard InChI is InChI=1S/C15H28N2O3S/c1-11-5-6-15(7-9-17(10-8-15)13(18)19)12(11)16-21(20)14(2,3)4/h11-12,16H,5-10H2,1-4H3,(H,18,19). The monoisotopic (exact) mass is 316 g/mol. The van der Waals surface area contributed by atoms with E-state index < -0.39 is 17.5 Å². The summed E-state index contributed by atoms with van der Waals surface area (Å²) in [5.74, 6) is 0.493. The van der Waals surface area contributed by atoms with Gasteiger partial charge in [0.2, 0.25) is 0 Å². The van der Waals surface area contributed by atoms with E-state index in [4.69, 9.17) is 5.11 Å². The molecule has 0 aromatic heterocycles. The van der Waals surface area contributed by atoms with Gasteiger partial charge in [0.1, 0.15) is 4.75 Å². The van der Waals surface area contributed by atoms with E-state index in [0.717, 1.165) is 25.7 Å². The van der Waals surface area contributed by atoms with E-state index in [0.29, 0.717) is 19.0 Å². The van der Waals surface area contributed by atoms with Gasteiger partial charge in [-0.3, -0.25) is 0 Å².